The average molecular weight is 500 g/mol. The van der Waals surface area contributed by atoms with Crippen molar-refractivity contribution in [2.24, 2.45) is 0 Å². The summed E-state index contributed by atoms with van der Waals surface area (Å²) in [6.07, 6.45) is 0. The third kappa shape index (κ3) is 3.90. The van der Waals surface area contributed by atoms with Crippen molar-refractivity contribution in [2.45, 2.75) is 0 Å². The van der Waals surface area contributed by atoms with Gasteiger partial charge in [-0.25, -0.2) is 4.79 Å². The summed E-state index contributed by atoms with van der Waals surface area (Å²) in [4.78, 5) is 25.9. The lowest BCUT2D eigenvalue weighted by molar-refractivity contribution is 0.102. The second-order valence-corrected chi connectivity index (χ2v) is 8.35. The van der Waals surface area contributed by atoms with Gasteiger partial charge in [0.1, 0.15) is 11.3 Å². The summed E-state index contributed by atoms with van der Waals surface area (Å²) in [6, 6.07) is 25.6. The Morgan fingerprint density at radius 1 is 0.909 bits per heavy atom. The van der Waals surface area contributed by atoms with Crippen molar-refractivity contribution in [1.82, 2.24) is 0 Å². The molecule has 0 spiro atoms. The van der Waals surface area contributed by atoms with Gasteiger partial charge < -0.3 is 14.5 Å². The highest BCUT2D eigenvalue weighted by molar-refractivity contribution is 9.10. The van der Waals surface area contributed by atoms with Crippen molar-refractivity contribution in [2.75, 3.05) is 12.4 Å². The normalized spacial score (nSPS) is 11.0. The number of anilines is 1. The van der Waals surface area contributed by atoms with Crippen molar-refractivity contribution in [3.8, 4) is 16.9 Å². The molecule has 4 aromatic carbocycles. The van der Waals surface area contributed by atoms with E-state index in [1.807, 2.05) is 48.5 Å². The Bertz CT molecular complexity index is 1590. The molecule has 0 atom stereocenters. The van der Waals surface area contributed by atoms with Gasteiger partial charge in [0.2, 0.25) is 0 Å². The molecule has 0 saturated heterocycles. The lowest BCUT2D eigenvalue weighted by Gasteiger charge is -2.13. The monoisotopic (exact) mass is 499 g/mol. The fraction of sp³-hybridized carbons (Fsp3) is 0.0370. The molecule has 1 heterocycles. The van der Waals surface area contributed by atoms with Crippen LogP contribution in [-0.2, 0) is 0 Å². The minimum atomic E-state index is -0.449. The molecule has 0 fully saturated rings. The van der Waals surface area contributed by atoms with Crippen molar-refractivity contribution < 1.29 is 13.9 Å². The SMILES string of the molecule is COc1ccc(-c2cc3ccccc3oc2=O)cc1NC(=O)c1cccc2c(Br)cccc12. The smallest absolute Gasteiger partial charge is 0.344 e. The van der Waals surface area contributed by atoms with Crippen LogP contribution in [0.25, 0.3) is 32.9 Å². The Morgan fingerprint density at radius 3 is 2.55 bits per heavy atom. The number of benzene rings is 4. The Balaban J connectivity index is 1.57. The van der Waals surface area contributed by atoms with Crippen LogP contribution in [0.3, 0.4) is 0 Å². The quantitative estimate of drug-likeness (QED) is 0.281. The minimum Gasteiger partial charge on any atom is -0.495 e. The number of fused-ring (bicyclic) bond motifs is 2. The molecule has 5 aromatic rings. The number of amides is 1. The van der Waals surface area contributed by atoms with Gasteiger partial charge in [-0.1, -0.05) is 64.5 Å². The average Bonchev–Trinajstić information content (AvgIpc) is 2.83. The standard InChI is InChI=1S/C27H18BrNO4/c1-32-25-13-12-16(21-14-17-6-2-3-11-24(17)33-27(21)31)15-23(25)29-26(30)20-9-4-8-19-18(20)7-5-10-22(19)28/h2-15H,1H3,(H,29,30). The van der Waals surface area contributed by atoms with Crippen LogP contribution < -0.4 is 15.7 Å². The molecule has 1 aromatic heterocycles. The van der Waals surface area contributed by atoms with E-state index in [4.69, 9.17) is 9.15 Å². The number of carbonyl (C=O) groups excluding carboxylic acids is 1. The van der Waals surface area contributed by atoms with Crippen LogP contribution in [0.15, 0.2) is 98.6 Å². The molecule has 0 aliphatic heterocycles. The van der Waals surface area contributed by atoms with Crippen molar-refractivity contribution in [3.63, 3.8) is 0 Å². The maximum Gasteiger partial charge on any atom is 0.344 e. The summed E-state index contributed by atoms with van der Waals surface area (Å²) in [7, 11) is 1.53. The first-order valence-electron chi connectivity index (χ1n) is 10.2. The van der Waals surface area contributed by atoms with E-state index in [0.717, 1.165) is 20.6 Å². The molecule has 0 aliphatic carbocycles. The number of hydrogen-bond donors (Lipinski definition) is 1. The summed E-state index contributed by atoms with van der Waals surface area (Å²) in [5.41, 5.74) is 2.09. The molecule has 0 bridgehead atoms. The number of para-hydroxylation sites is 1. The minimum absolute atomic E-state index is 0.278. The Hall–Kier alpha value is -3.90. The predicted molar refractivity (Wildman–Crippen MR) is 134 cm³/mol. The van der Waals surface area contributed by atoms with E-state index in [-0.39, 0.29) is 5.91 Å². The second-order valence-electron chi connectivity index (χ2n) is 7.50. The summed E-state index contributed by atoms with van der Waals surface area (Å²) in [6.45, 7) is 0. The number of carbonyl (C=O) groups is 1. The largest absolute Gasteiger partial charge is 0.495 e. The maximum atomic E-state index is 13.2. The zero-order valence-electron chi connectivity index (χ0n) is 17.6. The van der Waals surface area contributed by atoms with Crippen molar-refractivity contribution >= 4 is 49.3 Å². The van der Waals surface area contributed by atoms with Crippen LogP contribution >= 0.6 is 15.9 Å². The first kappa shape index (κ1) is 21.0. The van der Waals surface area contributed by atoms with Crippen LogP contribution in [0.4, 0.5) is 5.69 Å². The van der Waals surface area contributed by atoms with Crippen LogP contribution in [0, 0.1) is 0 Å². The van der Waals surface area contributed by atoms with E-state index in [1.165, 1.54) is 7.11 Å². The molecule has 5 rings (SSSR count). The molecule has 33 heavy (non-hydrogen) atoms. The van der Waals surface area contributed by atoms with Crippen molar-refractivity contribution in [1.29, 1.82) is 0 Å². The molecular formula is C27H18BrNO4. The molecule has 0 saturated carbocycles. The molecule has 1 amide bonds. The zero-order chi connectivity index (χ0) is 22.9. The lowest BCUT2D eigenvalue weighted by atomic mass is 10.0. The zero-order valence-corrected chi connectivity index (χ0v) is 19.2. The van der Waals surface area contributed by atoms with Gasteiger partial charge in [0, 0.05) is 15.4 Å². The topological polar surface area (TPSA) is 68.5 Å². The number of ether oxygens (including phenoxy) is 1. The van der Waals surface area contributed by atoms with Crippen LogP contribution in [0.1, 0.15) is 10.4 Å². The molecule has 6 heteroatoms. The van der Waals surface area contributed by atoms with Gasteiger partial charge in [-0.15, -0.1) is 0 Å². The first-order valence-corrected chi connectivity index (χ1v) is 11.0. The highest BCUT2D eigenvalue weighted by atomic mass is 79.9. The van der Waals surface area contributed by atoms with Gasteiger partial charge in [0.15, 0.2) is 0 Å². The van der Waals surface area contributed by atoms with E-state index in [1.54, 1.807) is 36.4 Å². The first-order chi connectivity index (χ1) is 16.0. The van der Waals surface area contributed by atoms with Crippen molar-refractivity contribution in [3.05, 3.63) is 105 Å². The van der Waals surface area contributed by atoms with Gasteiger partial charge in [-0.05, 0) is 52.7 Å². The second kappa shape index (κ2) is 8.56. The van der Waals surface area contributed by atoms with Crippen LogP contribution in [-0.4, -0.2) is 13.0 Å². The molecular weight excluding hydrogens is 482 g/mol. The number of methoxy groups -OCH3 is 1. The third-order valence-electron chi connectivity index (χ3n) is 5.51. The molecule has 5 nitrogen and oxygen atoms in total. The lowest BCUT2D eigenvalue weighted by Crippen LogP contribution is -2.13. The van der Waals surface area contributed by atoms with Gasteiger partial charge in [-0.2, -0.15) is 0 Å². The van der Waals surface area contributed by atoms with Crippen LogP contribution in [0.5, 0.6) is 5.75 Å². The molecule has 162 valence electrons. The van der Waals surface area contributed by atoms with Gasteiger partial charge in [-0.3, -0.25) is 4.79 Å². The van der Waals surface area contributed by atoms with E-state index in [0.29, 0.717) is 33.7 Å². The van der Waals surface area contributed by atoms with E-state index in [9.17, 15) is 9.59 Å². The number of rotatable bonds is 4. The highest BCUT2D eigenvalue weighted by Gasteiger charge is 2.16. The Morgan fingerprint density at radius 2 is 1.70 bits per heavy atom. The molecule has 0 unspecified atom stereocenters. The third-order valence-corrected chi connectivity index (χ3v) is 6.21. The van der Waals surface area contributed by atoms with E-state index >= 15 is 0 Å². The van der Waals surface area contributed by atoms with Gasteiger partial charge in [0.25, 0.3) is 5.91 Å². The van der Waals surface area contributed by atoms with E-state index < -0.39 is 5.63 Å². The van der Waals surface area contributed by atoms with Gasteiger partial charge in [0.05, 0.1) is 18.4 Å². The molecule has 0 radical (unpaired) electrons. The summed E-state index contributed by atoms with van der Waals surface area (Å²) >= 11 is 3.54. The highest BCUT2D eigenvalue weighted by Crippen LogP contribution is 2.32. The fourth-order valence-electron chi connectivity index (χ4n) is 3.90. The Labute approximate surface area is 197 Å². The summed E-state index contributed by atoms with van der Waals surface area (Å²) in [5.74, 6) is 0.207. The molecule has 1 N–H and O–H groups in total. The van der Waals surface area contributed by atoms with Gasteiger partial charge >= 0.3 is 5.63 Å². The number of halogens is 1. The summed E-state index contributed by atoms with van der Waals surface area (Å²) in [5, 5.41) is 5.53. The Kier molecular flexibility index (Phi) is 5.44. The fourth-order valence-corrected chi connectivity index (χ4v) is 4.39. The number of nitrogens with one attached hydrogen (secondary N) is 1. The van der Waals surface area contributed by atoms with Crippen LogP contribution in [0.2, 0.25) is 0 Å². The maximum absolute atomic E-state index is 13.2. The summed E-state index contributed by atoms with van der Waals surface area (Å²) < 4.78 is 11.8. The predicted octanol–water partition coefficient (Wildman–Crippen LogP) is 6.64. The number of hydrogen-bond acceptors (Lipinski definition) is 4. The molecule has 0 aliphatic rings. The van der Waals surface area contributed by atoms with E-state index in [2.05, 4.69) is 21.2 Å².